The van der Waals surface area contributed by atoms with Crippen LogP contribution in [0.25, 0.3) is 11.2 Å². The molecule has 5 rings (SSSR count). The fourth-order valence-corrected chi connectivity index (χ4v) is 4.66. The van der Waals surface area contributed by atoms with E-state index in [9.17, 15) is 19.4 Å². The third-order valence-electron chi connectivity index (χ3n) is 5.08. The molecule has 4 heterocycles. The van der Waals surface area contributed by atoms with Gasteiger partial charge in [-0.05, 0) is 5.56 Å². The number of H-pyrrole nitrogens is 1. The summed E-state index contributed by atoms with van der Waals surface area (Å²) < 4.78 is 28.8. The predicted molar refractivity (Wildman–Crippen MR) is 107 cm³/mol. The molecule has 0 bridgehead atoms. The number of hydrogen-bond donors (Lipinski definition) is 5. The molecule has 2 saturated heterocycles. The lowest BCUT2D eigenvalue weighted by Gasteiger charge is -2.27. The molecule has 5 atom stereocenters. The Bertz CT molecular complexity index is 1230. The summed E-state index contributed by atoms with van der Waals surface area (Å²) in [6, 6.07) is 9.46. The zero-order valence-corrected chi connectivity index (χ0v) is 16.8. The number of aliphatic hydroxyl groups is 1. The second-order valence-corrected chi connectivity index (χ2v) is 8.56. The number of phosphoric acid groups is 1. The van der Waals surface area contributed by atoms with E-state index < -0.39 is 37.9 Å². The molecule has 14 heteroatoms. The molecule has 13 nitrogen and oxygen atoms in total. The number of anilines is 2. The Morgan fingerprint density at radius 2 is 2.10 bits per heavy atom. The molecule has 0 spiro atoms. The third kappa shape index (κ3) is 3.61. The number of nitrogen functional groups attached to an aromatic ring is 1. The van der Waals surface area contributed by atoms with Crippen LogP contribution >= 0.6 is 7.82 Å². The highest BCUT2D eigenvalue weighted by atomic mass is 31.2. The number of aromatic amines is 1. The normalized spacial score (nSPS) is 30.4. The third-order valence-corrected chi connectivity index (χ3v) is 6.07. The van der Waals surface area contributed by atoms with E-state index in [2.05, 4.69) is 20.3 Å². The highest BCUT2D eigenvalue weighted by Gasteiger charge is 2.53. The second-order valence-electron chi connectivity index (χ2n) is 7.16. The van der Waals surface area contributed by atoms with Crippen molar-refractivity contribution in [3.63, 3.8) is 0 Å². The average Bonchev–Trinajstić information content (AvgIpc) is 3.24. The maximum atomic E-state index is 12.4. The first-order valence-corrected chi connectivity index (χ1v) is 10.9. The maximum absolute atomic E-state index is 12.4. The Hall–Kier alpha value is -2.80. The molecule has 0 aliphatic carbocycles. The van der Waals surface area contributed by atoms with Gasteiger partial charge in [0.1, 0.15) is 18.3 Å². The number of aliphatic hydroxyl groups excluding tert-OH is 1. The summed E-state index contributed by atoms with van der Waals surface area (Å²) in [4.78, 5) is 32.8. The van der Waals surface area contributed by atoms with E-state index in [1.165, 1.54) is 4.57 Å². The number of benzene rings is 1. The van der Waals surface area contributed by atoms with Crippen LogP contribution in [0.1, 0.15) is 11.8 Å². The molecule has 0 radical (unpaired) electrons. The smallest absolute Gasteiger partial charge is 0.386 e. The van der Waals surface area contributed by atoms with Crippen molar-refractivity contribution in [1.82, 2.24) is 19.5 Å². The fraction of sp³-hybridized carbons (Fsp3) is 0.353. The lowest BCUT2D eigenvalue weighted by atomic mass is 10.1. The maximum Gasteiger partial charge on any atom is 0.472 e. The molecular formula is C17H19N6O7P. The van der Waals surface area contributed by atoms with Crippen molar-refractivity contribution < 1.29 is 28.3 Å². The first-order chi connectivity index (χ1) is 14.8. The lowest BCUT2D eigenvalue weighted by molar-refractivity contribution is -0.0659. The van der Waals surface area contributed by atoms with Crippen molar-refractivity contribution in [3.8, 4) is 0 Å². The summed E-state index contributed by atoms with van der Waals surface area (Å²) in [5.41, 5.74) is 6.16. The summed E-state index contributed by atoms with van der Waals surface area (Å²) in [6.45, 7) is 0.111. The second kappa shape index (κ2) is 7.41. The van der Waals surface area contributed by atoms with Gasteiger partial charge in [0.05, 0.1) is 6.61 Å². The Morgan fingerprint density at radius 3 is 2.87 bits per heavy atom. The number of ether oxygens (including phenoxy) is 1. The number of nitrogens with two attached hydrogens (primary N) is 1. The first kappa shape index (κ1) is 20.1. The number of nitrogens with zero attached hydrogens (tertiary/aromatic N) is 3. The Kier molecular flexibility index (Phi) is 4.81. The number of phosphoric ester groups is 1. The minimum Gasteiger partial charge on any atom is -0.386 e. The minimum atomic E-state index is -4.30. The van der Waals surface area contributed by atoms with Crippen LogP contribution < -0.4 is 16.6 Å². The van der Waals surface area contributed by atoms with E-state index in [4.69, 9.17) is 19.5 Å². The molecule has 2 fully saturated rings. The van der Waals surface area contributed by atoms with Crippen LogP contribution in [0.2, 0.25) is 0 Å². The Labute approximate surface area is 174 Å². The summed E-state index contributed by atoms with van der Waals surface area (Å²) in [6.07, 6.45) is -4.43. The van der Waals surface area contributed by atoms with E-state index >= 15 is 0 Å². The van der Waals surface area contributed by atoms with Crippen molar-refractivity contribution in [2.45, 2.75) is 31.1 Å². The van der Waals surface area contributed by atoms with Gasteiger partial charge in [0.15, 0.2) is 17.4 Å². The van der Waals surface area contributed by atoms with Gasteiger partial charge in [0.2, 0.25) is 11.9 Å². The number of hydrogen-bond acceptors (Lipinski definition) is 10. The van der Waals surface area contributed by atoms with Crippen LogP contribution in [-0.4, -0.2) is 54.4 Å². The molecule has 2 aromatic heterocycles. The van der Waals surface area contributed by atoms with Gasteiger partial charge in [-0.25, -0.2) is 9.55 Å². The number of rotatable bonds is 4. The molecule has 164 valence electrons. The standard InChI is InChI=1S/C17H19N6O7P/c18-16-21-13-10(14(25)22-16)20-17(19-6-8-4-2-1-3-5-8)23(13)15-11(24)12-9(29-15)7-28-31(26,27)30-12/h1-5,9,11-12,15,24H,6-7H2,(H,19,20)(H,26,27)(H3,18,21,22,25)/t9-,11-,12-,15-/m1/s1. The SMILES string of the molecule is Nc1nc2c(nc(NCc3ccccc3)n2[C@@H]2O[C@@H]3COP(=O)(O)O[C@H]3[C@H]2O)c(=O)[nH]1. The monoisotopic (exact) mass is 450 g/mol. The number of imidazole rings is 1. The van der Waals surface area contributed by atoms with Crippen molar-refractivity contribution >= 4 is 30.9 Å². The van der Waals surface area contributed by atoms with Gasteiger partial charge < -0.3 is 25.8 Å². The van der Waals surface area contributed by atoms with E-state index in [1.54, 1.807) is 0 Å². The van der Waals surface area contributed by atoms with Gasteiger partial charge in [-0.3, -0.25) is 23.4 Å². The summed E-state index contributed by atoms with van der Waals surface area (Å²) in [7, 11) is -4.30. The molecule has 6 N–H and O–H groups in total. The van der Waals surface area contributed by atoms with E-state index in [0.29, 0.717) is 6.54 Å². The fourth-order valence-electron chi connectivity index (χ4n) is 3.69. The van der Waals surface area contributed by atoms with Gasteiger partial charge in [-0.2, -0.15) is 4.98 Å². The number of fused-ring (bicyclic) bond motifs is 2. The molecule has 0 amide bonds. The topological polar surface area (TPSA) is 187 Å². The van der Waals surface area contributed by atoms with E-state index in [0.717, 1.165) is 5.56 Å². The highest BCUT2D eigenvalue weighted by molar-refractivity contribution is 7.47. The minimum absolute atomic E-state index is 0.0135. The van der Waals surface area contributed by atoms with Gasteiger partial charge >= 0.3 is 7.82 Å². The van der Waals surface area contributed by atoms with Crippen LogP contribution in [0.3, 0.4) is 0 Å². The molecule has 1 unspecified atom stereocenters. The molecular weight excluding hydrogens is 431 g/mol. The highest BCUT2D eigenvalue weighted by Crippen LogP contribution is 2.52. The van der Waals surface area contributed by atoms with Crippen molar-refractivity contribution in [2.75, 3.05) is 17.7 Å². The Morgan fingerprint density at radius 1 is 1.32 bits per heavy atom. The van der Waals surface area contributed by atoms with Crippen LogP contribution in [0, 0.1) is 0 Å². The zero-order valence-electron chi connectivity index (χ0n) is 15.9. The molecule has 31 heavy (non-hydrogen) atoms. The molecule has 0 saturated carbocycles. The summed E-state index contributed by atoms with van der Waals surface area (Å²) in [5.74, 6) is 0.0517. The van der Waals surface area contributed by atoms with E-state index in [1.807, 2.05) is 30.3 Å². The van der Waals surface area contributed by atoms with Crippen molar-refractivity contribution in [1.29, 1.82) is 0 Å². The first-order valence-electron chi connectivity index (χ1n) is 9.37. The van der Waals surface area contributed by atoms with Gasteiger partial charge in [0, 0.05) is 6.54 Å². The van der Waals surface area contributed by atoms with E-state index in [-0.39, 0.29) is 29.7 Å². The van der Waals surface area contributed by atoms with Gasteiger partial charge in [-0.15, -0.1) is 0 Å². The summed E-state index contributed by atoms with van der Waals surface area (Å²) >= 11 is 0. The number of aromatic nitrogens is 4. The Balaban J connectivity index is 1.56. The van der Waals surface area contributed by atoms with Gasteiger partial charge in [0.25, 0.3) is 5.56 Å². The van der Waals surface area contributed by atoms with Crippen molar-refractivity contribution in [2.24, 2.45) is 0 Å². The van der Waals surface area contributed by atoms with Crippen LogP contribution in [0.4, 0.5) is 11.9 Å². The molecule has 1 aromatic carbocycles. The van der Waals surface area contributed by atoms with Crippen LogP contribution in [-0.2, 0) is 24.9 Å². The van der Waals surface area contributed by atoms with Crippen molar-refractivity contribution in [3.05, 3.63) is 46.2 Å². The molecule has 2 aliphatic rings. The number of nitrogens with one attached hydrogen (secondary N) is 2. The van der Waals surface area contributed by atoms with Crippen LogP contribution in [0.5, 0.6) is 0 Å². The molecule has 3 aromatic rings. The average molecular weight is 450 g/mol. The molecule has 2 aliphatic heterocycles. The van der Waals surface area contributed by atoms with Crippen LogP contribution in [0.15, 0.2) is 35.1 Å². The lowest BCUT2D eigenvalue weighted by Crippen LogP contribution is -2.39. The predicted octanol–water partition coefficient (Wildman–Crippen LogP) is 0.0880. The summed E-state index contributed by atoms with van der Waals surface area (Å²) in [5, 5.41) is 13.9. The quantitative estimate of drug-likeness (QED) is 0.339. The largest absolute Gasteiger partial charge is 0.472 e. The zero-order chi connectivity index (χ0) is 21.8. The van der Waals surface area contributed by atoms with Gasteiger partial charge in [-0.1, -0.05) is 30.3 Å².